The number of rotatable bonds is 3. The summed E-state index contributed by atoms with van der Waals surface area (Å²) in [5.41, 5.74) is 6.16. The highest BCUT2D eigenvalue weighted by molar-refractivity contribution is 7.91. The summed E-state index contributed by atoms with van der Waals surface area (Å²) in [5, 5.41) is 0. The third-order valence-electron chi connectivity index (χ3n) is 6.20. The zero-order valence-electron chi connectivity index (χ0n) is 16.8. The number of hydrogen-bond acceptors (Lipinski definition) is 6. The summed E-state index contributed by atoms with van der Waals surface area (Å²) in [4.78, 5) is 40.6. The summed E-state index contributed by atoms with van der Waals surface area (Å²) in [7, 11) is -3.10. The van der Waals surface area contributed by atoms with Crippen LogP contribution in [0, 0.1) is 5.92 Å². The SMILES string of the molecule is O=C(NNC(=O)C1CC(=O)N(C2CCS(=O)(=O)C2)C1)c1cc2c(s1)CCCCCC2. The molecule has 0 radical (unpaired) electrons. The first-order chi connectivity index (χ1) is 14.3. The van der Waals surface area contributed by atoms with Gasteiger partial charge >= 0.3 is 0 Å². The molecule has 0 aromatic carbocycles. The highest BCUT2D eigenvalue weighted by Crippen LogP contribution is 2.29. The van der Waals surface area contributed by atoms with Crippen molar-refractivity contribution in [2.24, 2.45) is 5.92 Å². The summed E-state index contributed by atoms with van der Waals surface area (Å²) < 4.78 is 23.4. The van der Waals surface area contributed by atoms with Gasteiger partial charge in [0.2, 0.25) is 11.8 Å². The van der Waals surface area contributed by atoms with E-state index >= 15 is 0 Å². The molecule has 0 spiro atoms. The molecule has 0 bridgehead atoms. The monoisotopic (exact) mass is 453 g/mol. The number of nitrogens with one attached hydrogen (secondary N) is 2. The fourth-order valence-corrected chi connectivity index (χ4v) is 7.40. The van der Waals surface area contributed by atoms with Gasteiger partial charge in [-0.1, -0.05) is 12.8 Å². The number of sulfone groups is 1. The zero-order valence-corrected chi connectivity index (χ0v) is 18.4. The molecular weight excluding hydrogens is 426 g/mol. The van der Waals surface area contributed by atoms with E-state index in [1.54, 1.807) is 0 Å². The van der Waals surface area contributed by atoms with Crippen molar-refractivity contribution in [2.75, 3.05) is 18.1 Å². The molecule has 3 amide bonds. The van der Waals surface area contributed by atoms with Crippen molar-refractivity contribution in [3.63, 3.8) is 0 Å². The number of fused-ring (bicyclic) bond motifs is 1. The van der Waals surface area contributed by atoms with Crippen LogP contribution in [0.1, 0.15) is 58.6 Å². The van der Waals surface area contributed by atoms with Crippen molar-refractivity contribution in [1.82, 2.24) is 15.8 Å². The van der Waals surface area contributed by atoms with Gasteiger partial charge in [-0.05, 0) is 43.7 Å². The average molecular weight is 454 g/mol. The fourth-order valence-electron chi connectivity index (χ4n) is 4.52. The summed E-state index contributed by atoms with van der Waals surface area (Å²) in [6, 6.07) is 1.58. The van der Waals surface area contributed by atoms with Gasteiger partial charge in [0.15, 0.2) is 9.84 Å². The lowest BCUT2D eigenvalue weighted by Crippen LogP contribution is -2.45. The van der Waals surface area contributed by atoms with Gasteiger partial charge in [0.1, 0.15) is 0 Å². The Morgan fingerprint density at radius 3 is 2.60 bits per heavy atom. The van der Waals surface area contributed by atoms with E-state index in [0.29, 0.717) is 11.3 Å². The number of nitrogens with zero attached hydrogens (tertiary/aromatic N) is 1. The van der Waals surface area contributed by atoms with Crippen LogP contribution >= 0.6 is 11.3 Å². The molecule has 0 saturated carbocycles. The first kappa shape index (κ1) is 21.3. The number of carbonyl (C=O) groups excluding carboxylic acids is 3. The molecule has 8 nitrogen and oxygen atoms in total. The van der Waals surface area contributed by atoms with Gasteiger partial charge in [0, 0.05) is 23.9 Å². The Balaban J connectivity index is 1.31. The molecule has 1 aliphatic carbocycles. The van der Waals surface area contributed by atoms with Crippen molar-refractivity contribution in [1.29, 1.82) is 0 Å². The number of carbonyl (C=O) groups is 3. The lowest BCUT2D eigenvalue weighted by atomic mass is 10.00. The van der Waals surface area contributed by atoms with E-state index in [1.807, 2.05) is 6.07 Å². The molecule has 30 heavy (non-hydrogen) atoms. The van der Waals surface area contributed by atoms with E-state index in [0.717, 1.165) is 25.7 Å². The van der Waals surface area contributed by atoms with Crippen molar-refractivity contribution >= 4 is 38.9 Å². The van der Waals surface area contributed by atoms with Gasteiger partial charge < -0.3 is 4.90 Å². The minimum atomic E-state index is -3.10. The van der Waals surface area contributed by atoms with E-state index in [1.165, 1.54) is 39.5 Å². The van der Waals surface area contributed by atoms with Crippen LogP contribution in [-0.2, 0) is 32.3 Å². The summed E-state index contributed by atoms with van der Waals surface area (Å²) in [6.45, 7) is 0.189. The normalized spacial score (nSPS) is 26.0. The van der Waals surface area contributed by atoms with Gasteiger partial charge in [-0.25, -0.2) is 8.42 Å². The van der Waals surface area contributed by atoms with Crippen LogP contribution in [0.25, 0.3) is 0 Å². The van der Waals surface area contributed by atoms with Gasteiger partial charge in [0.05, 0.1) is 22.3 Å². The molecule has 2 unspecified atom stereocenters. The molecule has 164 valence electrons. The average Bonchev–Trinajstić information content (AvgIpc) is 3.36. The number of hydrogen-bond donors (Lipinski definition) is 2. The molecule has 2 saturated heterocycles. The van der Waals surface area contributed by atoms with Gasteiger partial charge in [-0.3, -0.25) is 25.2 Å². The Morgan fingerprint density at radius 2 is 1.87 bits per heavy atom. The Hall–Kier alpha value is -1.94. The Kier molecular flexibility index (Phi) is 6.15. The topological polar surface area (TPSA) is 113 Å². The molecule has 1 aromatic rings. The molecular formula is C20H27N3O5S2. The molecule has 4 rings (SSSR count). The van der Waals surface area contributed by atoms with Crippen LogP contribution in [-0.4, -0.2) is 55.1 Å². The molecule has 10 heteroatoms. The summed E-state index contributed by atoms with van der Waals surface area (Å²) in [6.07, 6.45) is 7.15. The van der Waals surface area contributed by atoms with Gasteiger partial charge in [-0.15, -0.1) is 11.3 Å². The molecule has 1 aromatic heterocycles. The third kappa shape index (κ3) is 4.69. The molecule has 3 heterocycles. The first-order valence-electron chi connectivity index (χ1n) is 10.5. The maximum absolute atomic E-state index is 12.5. The van der Waals surface area contributed by atoms with Crippen LogP contribution in [0.3, 0.4) is 0 Å². The number of likely N-dealkylation sites (tertiary alicyclic amines) is 1. The molecule has 3 aliphatic rings. The van der Waals surface area contributed by atoms with Crippen molar-refractivity contribution in [3.8, 4) is 0 Å². The Bertz CT molecular complexity index is 930. The molecule has 2 aliphatic heterocycles. The van der Waals surface area contributed by atoms with E-state index < -0.39 is 21.7 Å². The number of aryl methyl sites for hydroxylation is 2. The van der Waals surface area contributed by atoms with E-state index in [9.17, 15) is 22.8 Å². The van der Waals surface area contributed by atoms with Crippen LogP contribution in [0.5, 0.6) is 0 Å². The second-order valence-electron chi connectivity index (χ2n) is 8.42. The third-order valence-corrected chi connectivity index (χ3v) is 9.18. The van der Waals surface area contributed by atoms with E-state index in [2.05, 4.69) is 10.9 Å². The van der Waals surface area contributed by atoms with Crippen molar-refractivity contribution < 1.29 is 22.8 Å². The van der Waals surface area contributed by atoms with Gasteiger partial charge in [-0.2, -0.15) is 0 Å². The number of amides is 3. The van der Waals surface area contributed by atoms with Crippen LogP contribution in [0.2, 0.25) is 0 Å². The second kappa shape index (κ2) is 8.66. The largest absolute Gasteiger partial charge is 0.338 e. The van der Waals surface area contributed by atoms with Crippen LogP contribution < -0.4 is 10.9 Å². The summed E-state index contributed by atoms with van der Waals surface area (Å²) >= 11 is 1.48. The van der Waals surface area contributed by atoms with E-state index in [4.69, 9.17) is 0 Å². The summed E-state index contributed by atoms with van der Waals surface area (Å²) in [5.74, 6) is -1.52. The van der Waals surface area contributed by atoms with Gasteiger partial charge in [0.25, 0.3) is 5.91 Å². The van der Waals surface area contributed by atoms with Crippen LogP contribution in [0.15, 0.2) is 6.07 Å². The maximum Gasteiger partial charge on any atom is 0.279 e. The fraction of sp³-hybridized carbons (Fsp3) is 0.650. The number of thiophene rings is 1. The Morgan fingerprint density at radius 1 is 1.10 bits per heavy atom. The number of hydrazine groups is 1. The Labute approximate surface area is 180 Å². The van der Waals surface area contributed by atoms with Crippen molar-refractivity contribution in [2.45, 2.75) is 57.4 Å². The minimum Gasteiger partial charge on any atom is -0.338 e. The predicted octanol–water partition coefficient (Wildman–Crippen LogP) is 1.20. The zero-order chi connectivity index (χ0) is 21.3. The maximum atomic E-state index is 12.5. The lowest BCUT2D eigenvalue weighted by Gasteiger charge is -2.22. The minimum absolute atomic E-state index is 0.0333. The smallest absolute Gasteiger partial charge is 0.279 e. The predicted molar refractivity (Wildman–Crippen MR) is 113 cm³/mol. The lowest BCUT2D eigenvalue weighted by molar-refractivity contribution is -0.130. The quantitative estimate of drug-likeness (QED) is 0.668. The second-order valence-corrected chi connectivity index (χ2v) is 11.8. The molecule has 2 fully saturated rings. The highest BCUT2D eigenvalue weighted by atomic mass is 32.2. The molecule has 2 atom stereocenters. The first-order valence-corrected chi connectivity index (χ1v) is 13.2. The van der Waals surface area contributed by atoms with E-state index in [-0.39, 0.29) is 42.3 Å². The standard InChI is InChI=1S/C20H27N3O5S2/c24-18-10-14(11-23(18)15-7-8-30(27,28)12-15)19(25)21-22-20(26)17-9-13-5-3-1-2-4-6-16(13)29-17/h9,14-15H,1-8,10-12H2,(H,21,25)(H,22,26). The highest BCUT2D eigenvalue weighted by Gasteiger charge is 2.42. The van der Waals surface area contributed by atoms with Crippen molar-refractivity contribution in [3.05, 3.63) is 21.4 Å². The van der Waals surface area contributed by atoms with Crippen LogP contribution in [0.4, 0.5) is 0 Å². The molecule has 2 N–H and O–H groups in total.